The predicted octanol–water partition coefficient (Wildman–Crippen LogP) is 7.36. The summed E-state index contributed by atoms with van der Waals surface area (Å²) < 4.78 is 29.6. The molecule has 0 aliphatic rings. The van der Waals surface area contributed by atoms with Crippen molar-refractivity contribution < 1.29 is 18.0 Å². The van der Waals surface area contributed by atoms with E-state index in [1.54, 1.807) is 61.5 Å². The lowest BCUT2D eigenvalue weighted by Crippen LogP contribution is -2.54. The summed E-state index contributed by atoms with van der Waals surface area (Å²) in [6.07, 6.45) is 0.925. The SMILES string of the molecule is CCC(C)NC(=O)C(Cc1ccccc1)N(Cc1ccc(Cl)cc1)C(=O)CN(c1cccc(Cl)c1C)S(=O)(=O)c1ccc(C)cc1. The van der Waals surface area contributed by atoms with E-state index in [4.69, 9.17) is 23.2 Å². The van der Waals surface area contributed by atoms with Gasteiger partial charge in [0.25, 0.3) is 10.0 Å². The maximum absolute atomic E-state index is 14.6. The summed E-state index contributed by atoms with van der Waals surface area (Å²) in [6, 6.07) is 26.8. The number of sulfonamides is 1. The lowest BCUT2D eigenvalue weighted by Gasteiger charge is -2.34. The monoisotopic (exact) mass is 679 g/mol. The van der Waals surface area contributed by atoms with Crippen LogP contribution in [0.1, 0.15) is 42.5 Å². The van der Waals surface area contributed by atoms with Crippen LogP contribution in [0.25, 0.3) is 0 Å². The molecular formula is C36H39Cl2N3O4S. The Hall–Kier alpha value is -3.85. The third kappa shape index (κ3) is 8.69. The Kier molecular flexibility index (Phi) is 11.9. The zero-order chi connectivity index (χ0) is 33.4. The molecule has 0 bridgehead atoms. The molecule has 0 spiro atoms. The van der Waals surface area contributed by atoms with Crippen LogP contribution in [0.4, 0.5) is 5.69 Å². The molecule has 7 nitrogen and oxygen atoms in total. The zero-order valence-electron chi connectivity index (χ0n) is 26.4. The van der Waals surface area contributed by atoms with Crippen LogP contribution in [0.3, 0.4) is 0 Å². The van der Waals surface area contributed by atoms with Crippen LogP contribution in [-0.2, 0) is 32.6 Å². The number of amides is 2. The van der Waals surface area contributed by atoms with Crippen molar-refractivity contribution in [1.82, 2.24) is 10.2 Å². The molecular weight excluding hydrogens is 641 g/mol. The van der Waals surface area contributed by atoms with Crippen LogP contribution in [-0.4, -0.2) is 43.8 Å². The molecule has 4 aromatic carbocycles. The van der Waals surface area contributed by atoms with Crippen LogP contribution in [0, 0.1) is 13.8 Å². The number of carbonyl (C=O) groups is 2. The molecule has 0 fully saturated rings. The van der Waals surface area contributed by atoms with E-state index in [-0.39, 0.29) is 35.5 Å². The largest absolute Gasteiger partial charge is 0.352 e. The topological polar surface area (TPSA) is 86.8 Å². The maximum atomic E-state index is 14.6. The first-order valence-corrected chi connectivity index (χ1v) is 17.3. The summed E-state index contributed by atoms with van der Waals surface area (Å²) in [5, 5.41) is 3.93. The summed E-state index contributed by atoms with van der Waals surface area (Å²) >= 11 is 12.6. The Balaban J connectivity index is 1.83. The molecule has 0 radical (unpaired) electrons. The number of anilines is 1. The van der Waals surface area contributed by atoms with E-state index in [1.807, 2.05) is 51.1 Å². The molecule has 0 heterocycles. The number of aryl methyl sites for hydroxylation is 1. The number of nitrogens with one attached hydrogen (secondary N) is 1. The fourth-order valence-electron chi connectivity index (χ4n) is 5.00. The first-order valence-electron chi connectivity index (χ1n) is 15.1. The van der Waals surface area contributed by atoms with Crippen molar-refractivity contribution in [2.24, 2.45) is 0 Å². The van der Waals surface area contributed by atoms with Crippen molar-refractivity contribution >= 4 is 50.7 Å². The van der Waals surface area contributed by atoms with Gasteiger partial charge in [-0.25, -0.2) is 8.42 Å². The van der Waals surface area contributed by atoms with E-state index in [2.05, 4.69) is 5.32 Å². The van der Waals surface area contributed by atoms with Gasteiger partial charge in [-0.2, -0.15) is 0 Å². The molecule has 242 valence electrons. The lowest BCUT2D eigenvalue weighted by molar-refractivity contribution is -0.140. The van der Waals surface area contributed by atoms with Crippen LogP contribution in [0.2, 0.25) is 10.0 Å². The lowest BCUT2D eigenvalue weighted by atomic mass is 10.0. The standard InChI is InChI=1S/C36H39Cl2N3O4S/c1-5-26(3)39-36(43)34(22-28-10-7-6-8-11-28)40(23-29-16-18-30(37)19-17-29)35(42)24-41(33-13-9-12-32(38)27(33)4)46(44,45)31-20-14-25(2)15-21-31/h6-21,26,34H,5,22-24H2,1-4H3,(H,39,43). The van der Waals surface area contributed by atoms with E-state index in [0.29, 0.717) is 22.0 Å². The van der Waals surface area contributed by atoms with Crippen LogP contribution >= 0.6 is 23.2 Å². The van der Waals surface area contributed by atoms with Crippen molar-refractivity contribution in [3.8, 4) is 0 Å². The third-order valence-corrected chi connectivity index (χ3v) is 10.4. The first kappa shape index (κ1) is 35.0. The Morgan fingerprint density at radius 2 is 1.48 bits per heavy atom. The first-order chi connectivity index (χ1) is 21.9. The Bertz CT molecular complexity index is 1750. The summed E-state index contributed by atoms with van der Waals surface area (Å²) in [7, 11) is -4.24. The second-order valence-corrected chi connectivity index (χ2v) is 14.1. The van der Waals surface area contributed by atoms with Gasteiger partial charge in [-0.15, -0.1) is 0 Å². The number of hydrogen-bond acceptors (Lipinski definition) is 4. The molecule has 0 saturated heterocycles. The van der Waals surface area contributed by atoms with Crippen LogP contribution in [0.5, 0.6) is 0 Å². The normalized spacial score (nSPS) is 12.7. The smallest absolute Gasteiger partial charge is 0.264 e. The molecule has 4 rings (SSSR count). The highest BCUT2D eigenvalue weighted by atomic mass is 35.5. The molecule has 2 unspecified atom stereocenters. The molecule has 46 heavy (non-hydrogen) atoms. The second kappa shape index (κ2) is 15.6. The Morgan fingerprint density at radius 3 is 2.11 bits per heavy atom. The molecule has 10 heteroatoms. The van der Waals surface area contributed by atoms with Crippen molar-refractivity contribution in [1.29, 1.82) is 0 Å². The van der Waals surface area contributed by atoms with Crippen LogP contribution in [0.15, 0.2) is 102 Å². The zero-order valence-corrected chi connectivity index (χ0v) is 28.7. The quantitative estimate of drug-likeness (QED) is 0.160. The van der Waals surface area contributed by atoms with Gasteiger partial charge in [-0.1, -0.05) is 96.4 Å². The van der Waals surface area contributed by atoms with Gasteiger partial charge in [0.2, 0.25) is 11.8 Å². The van der Waals surface area contributed by atoms with E-state index in [1.165, 1.54) is 17.0 Å². The Labute approximate surface area is 282 Å². The highest BCUT2D eigenvalue weighted by Crippen LogP contribution is 2.31. The second-order valence-electron chi connectivity index (χ2n) is 11.4. The Morgan fingerprint density at radius 1 is 0.826 bits per heavy atom. The van der Waals surface area contributed by atoms with Gasteiger partial charge >= 0.3 is 0 Å². The fourth-order valence-corrected chi connectivity index (χ4v) is 6.77. The number of benzene rings is 4. The number of carbonyl (C=O) groups excluding carboxylic acids is 2. The summed E-state index contributed by atoms with van der Waals surface area (Å²) in [5.41, 5.74) is 3.27. The van der Waals surface area contributed by atoms with Gasteiger partial charge < -0.3 is 10.2 Å². The van der Waals surface area contributed by atoms with Gasteiger partial charge in [0.05, 0.1) is 10.6 Å². The highest BCUT2D eigenvalue weighted by molar-refractivity contribution is 7.92. The summed E-state index contributed by atoms with van der Waals surface area (Å²) in [4.78, 5) is 30.0. The van der Waals surface area contributed by atoms with E-state index in [9.17, 15) is 18.0 Å². The predicted molar refractivity (Wildman–Crippen MR) is 186 cm³/mol. The maximum Gasteiger partial charge on any atom is 0.264 e. The average Bonchev–Trinajstić information content (AvgIpc) is 3.04. The number of halogens is 2. The molecule has 0 saturated carbocycles. The summed E-state index contributed by atoms with van der Waals surface area (Å²) in [6.45, 7) is 6.94. The van der Waals surface area contributed by atoms with Gasteiger partial charge in [0.15, 0.2) is 0 Å². The molecule has 0 aliphatic carbocycles. The van der Waals surface area contributed by atoms with Crippen molar-refractivity contribution in [3.63, 3.8) is 0 Å². The van der Waals surface area contributed by atoms with Crippen molar-refractivity contribution in [2.45, 2.75) is 64.1 Å². The molecule has 0 aromatic heterocycles. The van der Waals surface area contributed by atoms with Crippen LogP contribution < -0.4 is 9.62 Å². The van der Waals surface area contributed by atoms with E-state index >= 15 is 0 Å². The highest BCUT2D eigenvalue weighted by Gasteiger charge is 2.35. The van der Waals surface area contributed by atoms with Gasteiger partial charge in [0.1, 0.15) is 12.6 Å². The minimum atomic E-state index is -4.24. The van der Waals surface area contributed by atoms with Gasteiger partial charge in [-0.3, -0.25) is 13.9 Å². The third-order valence-electron chi connectivity index (χ3n) is 7.93. The minimum Gasteiger partial charge on any atom is -0.352 e. The number of rotatable bonds is 13. The van der Waals surface area contributed by atoms with Gasteiger partial charge in [0, 0.05) is 29.1 Å². The van der Waals surface area contributed by atoms with Crippen molar-refractivity contribution in [2.75, 3.05) is 10.8 Å². The van der Waals surface area contributed by atoms with E-state index < -0.39 is 28.5 Å². The van der Waals surface area contributed by atoms with E-state index in [0.717, 1.165) is 21.0 Å². The molecule has 0 aliphatic heterocycles. The number of hydrogen-bond donors (Lipinski definition) is 1. The molecule has 4 aromatic rings. The molecule has 2 amide bonds. The summed E-state index contributed by atoms with van der Waals surface area (Å²) in [5.74, 6) is -0.877. The minimum absolute atomic E-state index is 0.0323. The van der Waals surface area contributed by atoms with Crippen molar-refractivity contribution in [3.05, 3.63) is 129 Å². The van der Waals surface area contributed by atoms with Gasteiger partial charge in [-0.05, 0) is 80.3 Å². The number of nitrogens with zero attached hydrogens (tertiary/aromatic N) is 2. The molecule has 1 N–H and O–H groups in total. The fraction of sp³-hybridized carbons (Fsp3) is 0.278. The average molecular weight is 681 g/mol. The molecule has 2 atom stereocenters.